The molecular weight excluding hydrogens is 699 g/mol. The Bertz CT molecular complexity index is 756. The summed E-state index contributed by atoms with van der Waals surface area (Å²) >= 11 is 0. The molecule has 12 heteroatoms. The van der Waals surface area contributed by atoms with Crippen molar-refractivity contribution in [1.29, 1.82) is 0 Å². The predicted molar refractivity (Wildman–Crippen MR) is 192 cm³/mol. The third-order valence-electron chi connectivity index (χ3n) is 4.48. The van der Waals surface area contributed by atoms with Gasteiger partial charge in [0.2, 0.25) is 0 Å². The van der Waals surface area contributed by atoms with E-state index >= 15 is 0 Å². The summed E-state index contributed by atoms with van der Waals surface area (Å²) in [5.74, 6) is 0.144. The maximum Gasteiger partial charge on any atom is 2.00 e. The van der Waals surface area contributed by atoms with E-state index < -0.39 is 32.9 Å². The molecule has 2 aromatic carbocycles. The van der Waals surface area contributed by atoms with Crippen molar-refractivity contribution in [3.05, 3.63) is 70.0 Å². The van der Waals surface area contributed by atoms with E-state index in [-0.39, 0.29) is 45.6 Å². The number of benzene rings is 2. The average molecular weight is 761 g/mol. The minimum atomic E-state index is -1.11. The Morgan fingerprint density at radius 3 is 0.705 bits per heavy atom. The molecule has 0 aliphatic carbocycles. The molecule has 0 unspecified atom stereocenters. The maximum absolute atomic E-state index is 10.3. The fourth-order valence-corrected chi connectivity index (χ4v) is 20.0. The zero-order valence-corrected chi connectivity index (χ0v) is 36.1. The van der Waals surface area contributed by atoms with Gasteiger partial charge >= 0.3 is 34.1 Å². The molecule has 44 heavy (non-hydrogen) atoms. The number of para-hydroxylation sites is 2. The van der Waals surface area contributed by atoms with Crippen LogP contribution in [0.25, 0.3) is 9.30 Å². The Morgan fingerprint density at radius 2 is 0.636 bits per heavy atom. The van der Waals surface area contributed by atoms with E-state index in [4.69, 9.17) is 18.8 Å². The van der Waals surface area contributed by atoms with Gasteiger partial charge in [-0.25, -0.2) is 0 Å². The van der Waals surface area contributed by atoms with Gasteiger partial charge in [0.1, 0.15) is 0 Å². The molecule has 0 bridgehead atoms. The van der Waals surface area contributed by atoms with Gasteiger partial charge in [-0.1, -0.05) is 172 Å². The van der Waals surface area contributed by atoms with E-state index in [1.807, 2.05) is 12.1 Å². The largest absolute Gasteiger partial charge is 2.00 e. The average Bonchev–Trinajstić information content (AvgIpc) is 3.56. The van der Waals surface area contributed by atoms with Crippen molar-refractivity contribution in [2.24, 2.45) is 0 Å². The van der Waals surface area contributed by atoms with Gasteiger partial charge in [0, 0.05) is 26.4 Å². The van der Waals surface area contributed by atoms with E-state index in [9.17, 15) is 10.2 Å². The van der Waals surface area contributed by atoms with Crippen molar-refractivity contribution in [2.75, 3.05) is 26.4 Å². The van der Waals surface area contributed by atoms with Gasteiger partial charge in [-0.3, -0.25) is 0 Å². The minimum Gasteiger partial charge on any atom is -0.872 e. The molecule has 0 atom stereocenters. The van der Waals surface area contributed by atoms with Crippen LogP contribution in [0.4, 0.5) is 0 Å². The monoisotopic (exact) mass is 760 g/mol. The summed E-state index contributed by atoms with van der Waals surface area (Å²) in [6, 6.07) is 16.7. The molecule has 0 saturated carbocycles. The first-order valence-electron chi connectivity index (χ1n) is 15.3. The zero-order valence-electron chi connectivity index (χ0n) is 29.7. The van der Waals surface area contributed by atoms with E-state index in [0.717, 1.165) is 26.4 Å². The Kier molecular flexibility index (Phi) is 32.1. The number of ether oxygens (including phenoxy) is 2. The summed E-state index contributed by atoms with van der Waals surface area (Å²) in [6.45, 7) is 31.6. The molecule has 2 heterocycles. The third-order valence-corrected chi connectivity index (χ3v) is 15.2. The summed E-state index contributed by atoms with van der Waals surface area (Å²) in [4.78, 5) is 0. The second-order valence-corrected chi connectivity index (χ2v) is 33.3. The summed E-state index contributed by atoms with van der Waals surface area (Å²) in [6.07, 6.45) is 5.11. The van der Waals surface area contributed by atoms with Gasteiger partial charge in [-0.05, 0) is 25.7 Å². The Balaban J connectivity index is -0.000000218. The van der Waals surface area contributed by atoms with Gasteiger partial charge in [-0.2, -0.15) is 0 Å². The minimum absolute atomic E-state index is 0. The van der Waals surface area contributed by atoms with Crippen LogP contribution in [0.2, 0.25) is 78.6 Å². The van der Waals surface area contributed by atoms with Crippen LogP contribution < -0.4 is 10.2 Å². The molecule has 4 rings (SSSR count). The standard InChI is InChI=1S/2C6H18NSi2.2C6H6O.2C4H8O.2Mn/c2*1-8(2,3)7-9(4,5)6;2*7-6-4-2-1-3-5-6;2*1-2-4-5-3-1;;/h2*1-6H3;2*1-5,7H;2*1-4H2;;/q2*-1;;;;;2*+2/p-2. The topological polar surface area (TPSA) is 92.8 Å². The molecule has 2 aromatic rings. The predicted octanol–water partition coefficient (Wildman–Crippen LogP) is 9.17. The molecule has 254 valence electrons. The third kappa shape index (κ3) is 48.7. The maximum atomic E-state index is 10.3. The van der Waals surface area contributed by atoms with Crippen LogP contribution >= 0.6 is 0 Å². The van der Waals surface area contributed by atoms with E-state index in [0.29, 0.717) is 0 Å². The number of hydrogen-bond acceptors (Lipinski definition) is 4. The quantitative estimate of drug-likeness (QED) is 0.291. The van der Waals surface area contributed by atoms with E-state index in [1.165, 1.54) is 49.9 Å². The van der Waals surface area contributed by atoms with Gasteiger partial charge < -0.3 is 29.0 Å². The van der Waals surface area contributed by atoms with Crippen molar-refractivity contribution in [3.8, 4) is 11.5 Å². The van der Waals surface area contributed by atoms with Crippen molar-refractivity contribution in [2.45, 2.75) is 104 Å². The molecule has 2 aliphatic rings. The first kappa shape index (κ1) is 50.6. The van der Waals surface area contributed by atoms with Crippen LogP contribution in [-0.2, 0) is 43.6 Å². The van der Waals surface area contributed by atoms with Crippen molar-refractivity contribution >= 4 is 32.9 Å². The van der Waals surface area contributed by atoms with E-state index in [2.05, 4.69) is 78.6 Å². The molecule has 2 radical (unpaired) electrons. The van der Waals surface area contributed by atoms with Crippen LogP contribution in [0, 0.1) is 0 Å². The summed E-state index contributed by atoms with van der Waals surface area (Å²) in [7, 11) is -4.42. The Morgan fingerprint density at radius 1 is 0.432 bits per heavy atom. The fraction of sp³-hybridized carbons (Fsp3) is 0.625. The molecule has 2 fully saturated rings. The van der Waals surface area contributed by atoms with Gasteiger partial charge in [0.15, 0.2) is 0 Å². The van der Waals surface area contributed by atoms with Crippen LogP contribution in [0.5, 0.6) is 11.5 Å². The molecule has 0 amide bonds. The van der Waals surface area contributed by atoms with Crippen molar-refractivity contribution < 1.29 is 53.8 Å². The summed E-state index contributed by atoms with van der Waals surface area (Å²) in [5.41, 5.74) is 0. The van der Waals surface area contributed by atoms with E-state index in [1.54, 1.807) is 24.3 Å². The summed E-state index contributed by atoms with van der Waals surface area (Å²) in [5, 5.41) is 20.5. The smallest absolute Gasteiger partial charge is 0.872 e. The first-order valence-corrected chi connectivity index (χ1v) is 29.1. The molecule has 0 N–H and O–H groups in total. The molecule has 6 nitrogen and oxygen atoms in total. The van der Waals surface area contributed by atoms with Crippen LogP contribution in [-0.4, -0.2) is 59.4 Å². The first-order chi connectivity index (χ1) is 19.2. The molecular formula is C32H62Mn2N2O4Si4. The molecule has 0 aromatic heterocycles. The van der Waals surface area contributed by atoms with Crippen LogP contribution in [0.3, 0.4) is 0 Å². The second kappa shape index (κ2) is 27.9. The fourth-order valence-electron chi connectivity index (χ4n) is 3.87. The Labute approximate surface area is 297 Å². The zero-order chi connectivity index (χ0) is 32.7. The van der Waals surface area contributed by atoms with Gasteiger partial charge in [0.25, 0.3) is 0 Å². The molecule has 2 aliphatic heterocycles. The van der Waals surface area contributed by atoms with Crippen molar-refractivity contribution in [3.63, 3.8) is 0 Å². The normalized spacial score (nSPS) is 13.9. The molecule has 0 spiro atoms. The number of rotatable bonds is 4. The molecule has 2 saturated heterocycles. The van der Waals surface area contributed by atoms with Gasteiger partial charge in [0.05, 0.1) is 0 Å². The number of hydrogen-bond donors (Lipinski definition) is 0. The number of nitrogens with zero attached hydrogens (tertiary/aromatic N) is 2. The summed E-state index contributed by atoms with van der Waals surface area (Å²) < 4.78 is 19.5. The SMILES string of the molecule is C1CCOC1.C1CCOC1.C[Si](C)(C)[N-][Si](C)(C)C.C[Si](C)(C)[N-][Si](C)(C)C.[Mn+2].[Mn+2].[O-]c1ccccc1.[O-]c1ccccc1. The Hall–Kier alpha value is -0.214. The second-order valence-electron chi connectivity index (χ2n) is 14.2. The van der Waals surface area contributed by atoms with Crippen LogP contribution in [0.15, 0.2) is 60.7 Å². The van der Waals surface area contributed by atoms with Gasteiger partial charge in [-0.15, -0.1) is 11.5 Å². The van der Waals surface area contributed by atoms with Crippen molar-refractivity contribution in [1.82, 2.24) is 0 Å². The van der Waals surface area contributed by atoms with Crippen LogP contribution in [0.1, 0.15) is 25.7 Å².